The van der Waals surface area contributed by atoms with Crippen molar-refractivity contribution in [2.75, 3.05) is 11.5 Å². The van der Waals surface area contributed by atoms with Crippen LogP contribution in [-0.4, -0.2) is 9.97 Å². The van der Waals surface area contributed by atoms with E-state index in [0.29, 0.717) is 5.82 Å². The Morgan fingerprint density at radius 2 is 2.09 bits per heavy atom. The first-order valence-corrected chi connectivity index (χ1v) is 3.91. The van der Waals surface area contributed by atoms with Gasteiger partial charge in [-0.15, -0.1) is 11.3 Å². The molecule has 0 aliphatic rings. The Kier molecular flexibility index (Phi) is 1.19. The molecule has 0 radical (unpaired) electrons. The average molecular weight is 166 g/mol. The Balaban J connectivity index is 2.91. The molecule has 5 heteroatoms. The van der Waals surface area contributed by atoms with Crippen LogP contribution in [0.5, 0.6) is 0 Å². The van der Waals surface area contributed by atoms with E-state index in [-0.39, 0.29) is 5.95 Å². The van der Waals surface area contributed by atoms with E-state index in [9.17, 15) is 0 Å². The molecule has 0 amide bonds. The number of nitrogens with two attached hydrogens (primary N) is 2. The van der Waals surface area contributed by atoms with E-state index in [1.54, 1.807) is 0 Å². The summed E-state index contributed by atoms with van der Waals surface area (Å²) in [6, 6.07) is 1.87. The molecule has 4 N–H and O–H groups in total. The van der Waals surface area contributed by atoms with Crippen LogP contribution < -0.4 is 11.5 Å². The summed E-state index contributed by atoms with van der Waals surface area (Å²) in [5.41, 5.74) is 11.8. The largest absolute Gasteiger partial charge is 0.382 e. The second kappa shape index (κ2) is 2.06. The van der Waals surface area contributed by atoms with Crippen molar-refractivity contribution < 1.29 is 0 Å². The lowest BCUT2D eigenvalue weighted by Gasteiger charge is -1.95. The number of hydrogen-bond acceptors (Lipinski definition) is 5. The molecule has 0 spiro atoms. The van der Waals surface area contributed by atoms with Crippen molar-refractivity contribution in [2.24, 2.45) is 0 Å². The first-order chi connectivity index (χ1) is 5.27. The van der Waals surface area contributed by atoms with E-state index in [0.717, 1.165) is 10.2 Å². The van der Waals surface area contributed by atoms with Crippen LogP contribution in [0.4, 0.5) is 11.8 Å². The van der Waals surface area contributed by atoms with E-state index in [1.165, 1.54) is 11.3 Å². The van der Waals surface area contributed by atoms with Crippen molar-refractivity contribution >= 4 is 33.3 Å². The lowest BCUT2D eigenvalue weighted by molar-refractivity contribution is 1.25. The van der Waals surface area contributed by atoms with Gasteiger partial charge in [-0.2, -0.15) is 4.98 Å². The number of nitrogens with zero attached hydrogens (tertiary/aromatic N) is 2. The third kappa shape index (κ3) is 0.894. The molecule has 0 bridgehead atoms. The van der Waals surface area contributed by atoms with Gasteiger partial charge in [-0.25, -0.2) is 4.98 Å². The second-order valence-electron chi connectivity index (χ2n) is 2.10. The van der Waals surface area contributed by atoms with Gasteiger partial charge in [-0.1, -0.05) is 0 Å². The number of aromatic nitrogens is 2. The van der Waals surface area contributed by atoms with E-state index >= 15 is 0 Å². The zero-order chi connectivity index (χ0) is 7.84. The van der Waals surface area contributed by atoms with Gasteiger partial charge >= 0.3 is 0 Å². The molecule has 0 saturated carbocycles. The minimum Gasteiger partial charge on any atom is -0.382 e. The summed E-state index contributed by atoms with van der Waals surface area (Å²) in [4.78, 5) is 7.82. The maximum absolute atomic E-state index is 5.58. The Bertz CT molecular complexity index is 394. The molecule has 0 saturated heterocycles. The van der Waals surface area contributed by atoms with Crippen LogP contribution >= 0.6 is 11.3 Å². The van der Waals surface area contributed by atoms with Crippen molar-refractivity contribution in [3.05, 3.63) is 11.4 Å². The van der Waals surface area contributed by atoms with Crippen molar-refractivity contribution in [1.29, 1.82) is 0 Å². The molecule has 11 heavy (non-hydrogen) atoms. The number of rotatable bonds is 0. The molecular weight excluding hydrogens is 160 g/mol. The Hall–Kier alpha value is -1.36. The first-order valence-electron chi connectivity index (χ1n) is 3.03. The van der Waals surface area contributed by atoms with E-state index in [4.69, 9.17) is 11.5 Å². The summed E-state index contributed by atoms with van der Waals surface area (Å²) in [5.74, 6) is 0.691. The molecular formula is C6H6N4S. The van der Waals surface area contributed by atoms with Crippen LogP contribution in [0.25, 0.3) is 10.2 Å². The molecule has 2 aromatic rings. The van der Waals surface area contributed by atoms with E-state index in [1.807, 2.05) is 11.4 Å². The second-order valence-corrected chi connectivity index (χ2v) is 3.02. The van der Waals surface area contributed by atoms with E-state index in [2.05, 4.69) is 9.97 Å². The molecule has 56 valence electrons. The number of anilines is 2. The van der Waals surface area contributed by atoms with Gasteiger partial charge in [0.1, 0.15) is 5.82 Å². The van der Waals surface area contributed by atoms with Crippen LogP contribution in [0.2, 0.25) is 0 Å². The molecule has 2 rings (SSSR count). The lowest BCUT2D eigenvalue weighted by atomic mass is 10.4. The summed E-state index contributed by atoms with van der Waals surface area (Å²) in [7, 11) is 0. The van der Waals surface area contributed by atoms with Gasteiger partial charge in [-0.05, 0) is 11.4 Å². The van der Waals surface area contributed by atoms with Crippen LogP contribution in [0.1, 0.15) is 0 Å². The third-order valence-corrected chi connectivity index (χ3v) is 2.27. The smallest absolute Gasteiger partial charge is 0.222 e. The van der Waals surface area contributed by atoms with E-state index < -0.39 is 0 Å². The predicted molar refractivity (Wildman–Crippen MR) is 46.2 cm³/mol. The lowest BCUT2D eigenvalue weighted by Crippen LogP contribution is -1.98. The fourth-order valence-corrected chi connectivity index (χ4v) is 1.64. The van der Waals surface area contributed by atoms with Gasteiger partial charge in [0, 0.05) is 0 Å². The fourth-order valence-electron chi connectivity index (χ4n) is 0.905. The quantitative estimate of drug-likeness (QED) is 0.608. The van der Waals surface area contributed by atoms with Crippen molar-refractivity contribution in [1.82, 2.24) is 9.97 Å². The summed E-state index contributed by atoms with van der Waals surface area (Å²) in [6.45, 7) is 0. The standard InChI is InChI=1S/C6H6N4S/c7-5-4-3(1-2-11-4)9-6(8)10-5/h1-2H,(H4,7,8,9,10). The average Bonchev–Trinajstić information content (AvgIpc) is 2.34. The maximum atomic E-state index is 5.58. The summed E-state index contributed by atoms with van der Waals surface area (Å²) >= 11 is 1.52. The third-order valence-electron chi connectivity index (χ3n) is 1.35. The summed E-state index contributed by atoms with van der Waals surface area (Å²) in [6.07, 6.45) is 0. The number of thiophene rings is 1. The van der Waals surface area contributed by atoms with Crippen LogP contribution in [0.15, 0.2) is 11.4 Å². The first kappa shape index (κ1) is 6.36. The normalized spacial score (nSPS) is 10.5. The highest BCUT2D eigenvalue weighted by Crippen LogP contribution is 2.23. The predicted octanol–water partition coefficient (Wildman–Crippen LogP) is 0.856. The van der Waals surface area contributed by atoms with Crippen LogP contribution in [-0.2, 0) is 0 Å². The number of nitrogen functional groups attached to an aromatic ring is 2. The topological polar surface area (TPSA) is 77.8 Å². The summed E-state index contributed by atoms with van der Waals surface area (Å²) in [5, 5.41) is 1.91. The molecule has 2 heterocycles. The molecule has 0 unspecified atom stereocenters. The van der Waals surface area contributed by atoms with Gasteiger partial charge in [0.15, 0.2) is 0 Å². The molecule has 0 aliphatic heterocycles. The van der Waals surface area contributed by atoms with Crippen LogP contribution in [0, 0.1) is 0 Å². The molecule has 0 aliphatic carbocycles. The Morgan fingerprint density at radius 1 is 1.27 bits per heavy atom. The Labute approximate surface area is 66.9 Å². The zero-order valence-electron chi connectivity index (χ0n) is 5.61. The SMILES string of the molecule is Nc1nc(N)c2sccc2n1. The van der Waals surface area contributed by atoms with Gasteiger partial charge in [0.2, 0.25) is 5.95 Å². The Morgan fingerprint density at radius 3 is 2.91 bits per heavy atom. The van der Waals surface area contributed by atoms with Crippen molar-refractivity contribution in [3.8, 4) is 0 Å². The molecule has 0 atom stereocenters. The molecule has 2 aromatic heterocycles. The number of fused-ring (bicyclic) bond motifs is 1. The highest BCUT2D eigenvalue weighted by atomic mass is 32.1. The molecule has 4 nitrogen and oxygen atoms in total. The van der Waals surface area contributed by atoms with Crippen molar-refractivity contribution in [2.45, 2.75) is 0 Å². The molecule has 0 aromatic carbocycles. The highest BCUT2D eigenvalue weighted by Gasteiger charge is 2.02. The minimum absolute atomic E-state index is 0.230. The maximum Gasteiger partial charge on any atom is 0.222 e. The van der Waals surface area contributed by atoms with Crippen molar-refractivity contribution in [3.63, 3.8) is 0 Å². The fraction of sp³-hybridized carbons (Fsp3) is 0. The monoisotopic (exact) mass is 166 g/mol. The van der Waals surface area contributed by atoms with Gasteiger partial charge in [-0.3, -0.25) is 0 Å². The zero-order valence-corrected chi connectivity index (χ0v) is 6.43. The summed E-state index contributed by atoms with van der Waals surface area (Å²) < 4.78 is 0.902. The number of hydrogen-bond donors (Lipinski definition) is 2. The van der Waals surface area contributed by atoms with Gasteiger partial charge < -0.3 is 11.5 Å². The van der Waals surface area contributed by atoms with Gasteiger partial charge in [0.25, 0.3) is 0 Å². The minimum atomic E-state index is 0.230. The molecule has 0 fully saturated rings. The van der Waals surface area contributed by atoms with Crippen LogP contribution in [0.3, 0.4) is 0 Å². The van der Waals surface area contributed by atoms with Gasteiger partial charge in [0.05, 0.1) is 10.2 Å². The highest BCUT2D eigenvalue weighted by molar-refractivity contribution is 7.17.